The van der Waals surface area contributed by atoms with E-state index in [9.17, 15) is 0 Å². The van der Waals surface area contributed by atoms with Crippen LogP contribution < -0.4 is 4.74 Å². The fourth-order valence-corrected chi connectivity index (χ4v) is 2.73. The molecule has 0 spiro atoms. The first kappa shape index (κ1) is 15.4. The third-order valence-corrected chi connectivity index (χ3v) is 4.16. The summed E-state index contributed by atoms with van der Waals surface area (Å²) >= 11 is 0. The van der Waals surface area contributed by atoms with E-state index in [1.165, 1.54) is 0 Å². The lowest BCUT2D eigenvalue weighted by atomic mass is 9.98. The quantitative estimate of drug-likeness (QED) is 0.800. The van der Waals surface area contributed by atoms with Gasteiger partial charge in [-0.05, 0) is 37.9 Å². The molecule has 7 heteroatoms. The van der Waals surface area contributed by atoms with E-state index < -0.39 is 0 Å². The number of piperidine rings is 1. The second kappa shape index (κ2) is 7.70. The minimum atomic E-state index is 0.540. The lowest BCUT2D eigenvalue weighted by molar-refractivity contribution is 0.135. The second-order valence-corrected chi connectivity index (χ2v) is 5.76. The summed E-state index contributed by atoms with van der Waals surface area (Å²) in [6, 6.07) is 5.47. The molecule has 0 atom stereocenters. The molecule has 1 fully saturated rings. The summed E-state index contributed by atoms with van der Waals surface area (Å²) in [5.41, 5.74) is 0.581. The Morgan fingerprint density at radius 3 is 2.87 bits per heavy atom. The number of likely N-dealkylation sites (tertiary alicyclic amines) is 1. The van der Waals surface area contributed by atoms with Gasteiger partial charge in [-0.25, -0.2) is 4.98 Å². The number of hydrogen-bond acceptors (Lipinski definition) is 6. The highest BCUT2D eigenvalue weighted by Crippen LogP contribution is 2.19. The van der Waals surface area contributed by atoms with E-state index in [4.69, 9.17) is 10.00 Å². The fourth-order valence-electron chi connectivity index (χ4n) is 2.73. The van der Waals surface area contributed by atoms with E-state index in [-0.39, 0.29) is 0 Å². The Hall–Kier alpha value is -2.46. The normalized spacial score (nSPS) is 16.1. The highest BCUT2D eigenvalue weighted by Gasteiger charge is 2.19. The third-order valence-electron chi connectivity index (χ3n) is 4.16. The van der Waals surface area contributed by atoms with E-state index >= 15 is 0 Å². The van der Waals surface area contributed by atoms with Crippen molar-refractivity contribution in [3.05, 3.63) is 36.3 Å². The molecule has 0 radical (unpaired) electrons. The van der Waals surface area contributed by atoms with Crippen LogP contribution in [0.25, 0.3) is 0 Å². The Bertz CT molecular complexity index is 643. The van der Waals surface area contributed by atoms with Gasteiger partial charge in [-0.3, -0.25) is 4.68 Å². The standard InChI is InChI=1S/C16H20N6O/c17-12-15-1-4-18-16(11-15)23-13-14-2-6-21(7-3-14)9-10-22-8-5-19-20-22/h1,4-5,8,11,14H,2-3,6-7,9-10,13H2. The maximum atomic E-state index is 8.88. The van der Waals surface area contributed by atoms with Gasteiger partial charge in [0.25, 0.3) is 0 Å². The maximum absolute atomic E-state index is 8.88. The number of nitriles is 1. The van der Waals surface area contributed by atoms with Gasteiger partial charge in [0.1, 0.15) is 0 Å². The van der Waals surface area contributed by atoms with Gasteiger partial charge >= 0.3 is 0 Å². The van der Waals surface area contributed by atoms with Crippen molar-refractivity contribution in [3.63, 3.8) is 0 Å². The molecular formula is C16H20N6O. The van der Waals surface area contributed by atoms with Gasteiger partial charge in [0.05, 0.1) is 31.0 Å². The summed E-state index contributed by atoms with van der Waals surface area (Å²) in [5.74, 6) is 1.09. The Labute approximate surface area is 135 Å². The number of aromatic nitrogens is 4. The molecule has 1 saturated heterocycles. The lowest BCUT2D eigenvalue weighted by Gasteiger charge is -2.31. The lowest BCUT2D eigenvalue weighted by Crippen LogP contribution is -2.37. The number of rotatable bonds is 6. The molecule has 0 saturated carbocycles. The summed E-state index contributed by atoms with van der Waals surface area (Å²) in [5, 5.41) is 16.7. The van der Waals surface area contributed by atoms with Gasteiger partial charge in [0.15, 0.2) is 0 Å². The zero-order chi connectivity index (χ0) is 15.9. The fraction of sp³-hybridized carbons (Fsp3) is 0.500. The molecule has 7 nitrogen and oxygen atoms in total. The Balaban J connectivity index is 1.38. The first-order chi connectivity index (χ1) is 11.3. The molecule has 3 heterocycles. The summed E-state index contributed by atoms with van der Waals surface area (Å²) in [7, 11) is 0. The van der Waals surface area contributed by atoms with Crippen molar-refractivity contribution in [2.24, 2.45) is 5.92 Å². The molecule has 1 aliphatic heterocycles. The van der Waals surface area contributed by atoms with Crippen LogP contribution in [0.5, 0.6) is 5.88 Å². The molecule has 2 aromatic rings. The van der Waals surface area contributed by atoms with Gasteiger partial charge in [-0.2, -0.15) is 5.26 Å². The van der Waals surface area contributed by atoms with E-state index in [0.29, 0.717) is 24.0 Å². The van der Waals surface area contributed by atoms with Crippen molar-refractivity contribution in [1.29, 1.82) is 5.26 Å². The van der Waals surface area contributed by atoms with Crippen LogP contribution in [0.15, 0.2) is 30.7 Å². The minimum Gasteiger partial charge on any atom is -0.477 e. The monoisotopic (exact) mass is 312 g/mol. The SMILES string of the molecule is N#Cc1ccnc(OCC2CCN(CCn3ccnn3)CC2)c1. The Morgan fingerprint density at radius 2 is 2.13 bits per heavy atom. The topological polar surface area (TPSA) is 79.9 Å². The van der Waals surface area contributed by atoms with E-state index in [1.54, 1.807) is 24.5 Å². The van der Waals surface area contributed by atoms with Gasteiger partial charge in [0, 0.05) is 25.0 Å². The summed E-state index contributed by atoms with van der Waals surface area (Å²) in [6.45, 7) is 4.70. The van der Waals surface area contributed by atoms with Crippen molar-refractivity contribution in [3.8, 4) is 11.9 Å². The third kappa shape index (κ3) is 4.50. The molecule has 0 amide bonds. The van der Waals surface area contributed by atoms with Crippen molar-refractivity contribution in [2.45, 2.75) is 19.4 Å². The van der Waals surface area contributed by atoms with Crippen LogP contribution in [0.1, 0.15) is 18.4 Å². The van der Waals surface area contributed by atoms with Crippen molar-refractivity contribution < 1.29 is 4.74 Å². The van der Waals surface area contributed by atoms with E-state index in [1.807, 2.05) is 10.9 Å². The highest BCUT2D eigenvalue weighted by atomic mass is 16.5. The molecule has 3 rings (SSSR count). The molecule has 0 N–H and O–H groups in total. The number of hydrogen-bond donors (Lipinski definition) is 0. The molecule has 0 aromatic carbocycles. The Morgan fingerprint density at radius 1 is 1.26 bits per heavy atom. The highest BCUT2D eigenvalue weighted by molar-refractivity contribution is 5.31. The van der Waals surface area contributed by atoms with Crippen LogP contribution >= 0.6 is 0 Å². The molecule has 2 aromatic heterocycles. The molecule has 120 valence electrons. The van der Waals surface area contributed by atoms with Crippen LogP contribution in [-0.2, 0) is 6.54 Å². The van der Waals surface area contributed by atoms with E-state index in [2.05, 4.69) is 26.3 Å². The number of ether oxygens (including phenoxy) is 1. The molecule has 0 aliphatic carbocycles. The van der Waals surface area contributed by atoms with Crippen LogP contribution in [0.2, 0.25) is 0 Å². The van der Waals surface area contributed by atoms with Gasteiger partial charge in [0.2, 0.25) is 5.88 Å². The van der Waals surface area contributed by atoms with Crippen LogP contribution in [-0.4, -0.2) is 51.1 Å². The predicted molar refractivity (Wildman–Crippen MR) is 83.6 cm³/mol. The average Bonchev–Trinajstić information content (AvgIpc) is 3.13. The molecule has 0 unspecified atom stereocenters. The van der Waals surface area contributed by atoms with Crippen LogP contribution in [0, 0.1) is 17.2 Å². The summed E-state index contributed by atoms with van der Waals surface area (Å²) in [6.07, 6.45) is 7.45. The zero-order valence-corrected chi connectivity index (χ0v) is 13.0. The van der Waals surface area contributed by atoms with Crippen molar-refractivity contribution >= 4 is 0 Å². The van der Waals surface area contributed by atoms with Gasteiger partial charge in [-0.15, -0.1) is 5.10 Å². The Kier molecular flexibility index (Phi) is 5.17. The minimum absolute atomic E-state index is 0.540. The molecular weight excluding hydrogens is 292 g/mol. The first-order valence-corrected chi connectivity index (χ1v) is 7.89. The number of nitrogens with zero attached hydrogens (tertiary/aromatic N) is 6. The second-order valence-electron chi connectivity index (χ2n) is 5.76. The van der Waals surface area contributed by atoms with Gasteiger partial charge < -0.3 is 9.64 Å². The largest absolute Gasteiger partial charge is 0.477 e. The van der Waals surface area contributed by atoms with Crippen molar-refractivity contribution in [2.75, 3.05) is 26.2 Å². The average molecular weight is 312 g/mol. The van der Waals surface area contributed by atoms with Crippen LogP contribution in [0.4, 0.5) is 0 Å². The van der Waals surface area contributed by atoms with E-state index in [0.717, 1.165) is 39.0 Å². The molecule has 0 bridgehead atoms. The van der Waals surface area contributed by atoms with Gasteiger partial charge in [-0.1, -0.05) is 5.21 Å². The predicted octanol–water partition coefficient (Wildman–Crippen LogP) is 1.34. The first-order valence-electron chi connectivity index (χ1n) is 7.89. The molecule has 1 aliphatic rings. The zero-order valence-electron chi connectivity index (χ0n) is 13.0. The number of pyridine rings is 1. The summed E-state index contributed by atoms with van der Waals surface area (Å²) < 4.78 is 7.60. The molecule has 23 heavy (non-hydrogen) atoms. The summed E-state index contributed by atoms with van der Waals surface area (Å²) in [4.78, 5) is 6.60. The smallest absolute Gasteiger partial charge is 0.214 e. The van der Waals surface area contributed by atoms with Crippen molar-refractivity contribution in [1.82, 2.24) is 24.9 Å². The maximum Gasteiger partial charge on any atom is 0.214 e. The van der Waals surface area contributed by atoms with Crippen LogP contribution in [0.3, 0.4) is 0 Å².